The first-order chi connectivity index (χ1) is 9.19. The van der Waals surface area contributed by atoms with Crippen LogP contribution in [0.1, 0.15) is 32.4 Å². The predicted octanol–water partition coefficient (Wildman–Crippen LogP) is 2.92. The van der Waals surface area contributed by atoms with Crippen LogP contribution < -0.4 is 10.6 Å². The summed E-state index contributed by atoms with van der Waals surface area (Å²) in [7, 11) is 0. The van der Waals surface area contributed by atoms with Gasteiger partial charge >= 0.3 is 12.0 Å². The Morgan fingerprint density at radius 2 is 2.05 bits per heavy atom. The minimum absolute atomic E-state index is 0.00290. The molecule has 0 saturated carbocycles. The van der Waals surface area contributed by atoms with E-state index < -0.39 is 17.5 Å². The number of carbonyl (C=O) groups is 2. The number of hydrogen-bond donors (Lipinski definition) is 3. The molecule has 0 bridgehead atoms. The molecule has 20 heavy (non-hydrogen) atoms. The zero-order valence-electron chi connectivity index (χ0n) is 11.7. The van der Waals surface area contributed by atoms with E-state index in [4.69, 9.17) is 5.11 Å². The van der Waals surface area contributed by atoms with Crippen LogP contribution in [0.5, 0.6) is 0 Å². The standard InChI is InChI=1S/C13H18BrN3O3/c1-8-9(14)4-5-10(15-8)16-12(20)17-13(2,3)7-6-11(18)19/h4-5H,6-7H2,1-3H3,(H,18,19)(H2,15,16,17,20). The molecule has 1 rings (SSSR count). The van der Waals surface area contributed by atoms with Crippen molar-refractivity contribution in [1.82, 2.24) is 10.3 Å². The first-order valence-corrected chi connectivity index (χ1v) is 6.93. The zero-order valence-corrected chi connectivity index (χ0v) is 13.2. The highest BCUT2D eigenvalue weighted by Crippen LogP contribution is 2.16. The van der Waals surface area contributed by atoms with Gasteiger partial charge in [0.2, 0.25) is 0 Å². The van der Waals surface area contributed by atoms with Crippen LogP contribution >= 0.6 is 15.9 Å². The summed E-state index contributed by atoms with van der Waals surface area (Å²) in [6.07, 6.45) is 0.353. The van der Waals surface area contributed by atoms with Crippen molar-refractivity contribution in [2.45, 2.75) is 39.2 Å². The van der Waals surface area contributed by atoms with Crippen LogP contribution in [-0.2, 0) is 4.79 Å². The summed E-state index contributed by atoms with van der Waals surface area (Å²) in [6, 6.07) is 3.07. The topological polar surface area (TPSA) is 91.3 Å². The number of anilines is 1. The third-order valence-electron chi connectivity index (χ3n) is 2.68. The first kappa shape index (κ1) is 16.4. The molecule has 1 aromatic rings. The van der Waals surface area contributed by atoms with Crippen LogP contribution in [-0.4, -0.2) is 27.6 Å². The van der Waals surface area contributed by atoms with Gasteiger partial charge in [0.05, 0.1) is 5.69 Å². The molecule has 0 saturated heterocycles. The lowest BCUT2D eigenvalue weighted by molar-refractivity contribution is -0.137. The van der Waals surface area contributed by atoms with Crippen LogP contribution in [0.3, 0.4) is 0 Å². The molecule has 0 spiro atoms. The molecule has 1 aromatic heterocycles. The fraction of sp³-hybridized carbons (Fsp3) is 0.462. The van der Waals surface area contributed by atoms with Crippen molar-refractivity contribution in [2.75, 3.05) is 5.32 Å². The summed E-state index contributed by atoms with van der Waals surface area (Å²) in [5.74, 6) is -0.442. The average molecular weight is 344 g/mol. The van der Waals surface area contributed by atoms with E-state index in [1.54, 1.807) is 26.0 Å². The van der Waals surface area contributed by atoms with Crippen molar-refractivity contribution >= 4 is 33.7 Å². The van der Waals surface area contributed by atoms with E-state index in [2.05, 4.69) is 31.5 Å². The second kappa shape index (κ2) is 6.69. The second-order valence-electron chi connectivity index (χ2n) is 5.12. The molecule has 0 aliphatic heterocycles. The van der Waals surface area contributed by atoms with E-state index >= 15 is 0 Å². The Morgan fingerprint density at radius 3 is 2.60 bits per heavy atom. The van der Waals surface area contributed by atoms with Crippen molar-refractivity contribution in [3.05, 3.63) is 22.3 Å². The van der Waals surface area contributed by atoms with E-state index in [-0.39, 0.29) is 6.42 Å². The first-order valence-electron chi connectivity index (χ1n) is 6.14. The fourth-order valence-electron chi connectivity index (χ4n) is 1.55. The maximum absolute atomic E-state index is 11.8. The Morgan fingerprint density at radius 1 is 1.40 bits per heavy atom. The Hall–Kier alpha value is -1.63. The molecule has 6 nitrogen and oxygen atoms in total. The van der Waals surface area contributed by atoms with Gasteiger partial charge in [0, 0.05) is 16.4 Å². The van der Waals surface area contributed by atoms with E-state index in [0.717, 1.165) is 10.2 Å². The van der Waals surface area contributed by atoms with Crippen molar-refractivity contribution in [3.8, 4) is 0 Å². The number of carbonyl (C=O) groups excluding carboxylic acids is 1. The maximum atomic E-state index is 11.8. The molecule has 0 aromatic carbocycles. The molecule has 2 amide bonds. The van der Waals surface area contributed by atoms with E-state index in [9.17, 15) is 9.59 Å². The highest BCUT2D eigenvalue weighted by molar-refractivity contribution is 9.10. The van der Waals surface area contributed by atoms with Crippen molar-refractivity contribution < 1.29 is 14.7 Å². The second-order valence-corrected chi connectivity index (χ2v) is 5.97. The van der Waals surface area contributed by atoms with E-state index in [1.807, 2.05) is 6.92 Å². The predicted molar refractivity (Wildman–Crippen MR) is 79.8 cm³/mol. The number of aliphatic carboxylic acids is 1. The molecule has 3 N–H and O–H groups in total. The Bertz CT molecular complexity index is 518. The third kappa shape index (κ3) is 5.56. The number of rotatable bonds is 5. The number of halogens is 1. The normalized spacial score (nSPS) is 11.0. The van der Waals surface area contributed by atoms with Crippen molar-refractivity contribution in [1.29, 1.82) is 0 Å². The lowest BCUT2D eigenvalue weighted by Gasteiger charge is -2.25. The summed E-state index contributed by atoms with van der Waals surface area (Å²) in [6.45, 7) is 5.37. The van der Waals surface area contributed by atoms with Crippen LogP contribution in [0.2, 0.25) is 0 Å². The molecular formula is C13H18BrN3O3. The highest BCUT2D eigenvalue weighted by Gasteiger charge is 2.21. The van der Waals surface area contributed by atoms with Crippen molar-refractivity contribution in [3.63, 3.8) is 0 Å². The van der Waals surface area contributed by atoms with Crippen LogP contribution in [0.4, 0.5) is 10.6 Å². The summed E-state index contributed by atoms with van der Waals surface area (Å²) >= 11 is 3.33. The van der Waals surface area contributed by atoms with Gasteiger partial charge in [0.15, 0.2) is 0 Å². The molecule has 0 fully saturated rings. The summed E-state index contributed by atoms with van der Waals surface area (Å²) in [4.78, 5) is 26.6. The highest BCUT2D eigenvalue weighted by atomic mass is 79.9. The van der Waals surface area contributed by atoms with Gasteiger partial charge in [-0.15, -0.1) is 0 Å². The number of nitrogens with zero attached hydrogens (tertiary/aromatic N) is 1. The minimum atomic E-state index is -0.884. The lowest BCUT2D eigenvalue weighted by Crippen LogP contribution is -2.45. The minimum Gasteiger partial charge on any atom is -0.481 e. The number of aryl methyl sites for hydroxylation is 1. The molecule has 0 radical (unpaired) electrons. The SMILES string of the molecule is Cc1nc(NC(=O)NC(C)(C)CCC(=O)O)ccc1Br. The van der Waals surface area contributed by atoms with Gasteiger partial charge < -0.3 is 10.4 Å². The molecule has 1 heterocycles. The molecule has 110 valence electrons. The number of amides is 2. The number of aromatic nitrogens is 1. The van der Waals surface area contributed by atoms with Crippen LogP contribution in [0.15, 0.2) is 16.6 Å². The summed E-state index contributed by atoms with van der Waals surface area (Å²) in [5.41, 5.74) is 0.167. The van der Waals surface area contributed by atoms with Gasteiger partial charge in [-0.3, -0.25) is 10.1 Å². The zero-order chi connectivity index (χ0) is 15.3. The number of carboxylic acids is 1. The Kier molecular flexibility index (Phi) is 5.50. The van der Waals surface area contributed by atoms with Gasteiger partial charge in [-0.2, -0.15) is 0 Å². The fourth-order valence-corrected chi connectivity index (χ4v) is 1.77. The van der Waals surface area contributed by atoms with Gasteiger partial charge in [-0.1, -0.05) is 0 Å². The molecule has 0 unspecified atom stereocenters. The number of urea groups is 1. The van der Waals surface area contributed by atoms with E-state index in [1.165, 1.54) is 0 Å². The Balaban J connectivity index is 2.58. The number of carboxylic acid groups (broad SMARTS) is 1. The largest absolute Gasteiger partial charge is 0.481 e. The quantitative estimate of drug-likeness (QED) is 0.766. The van der Waals surface area contributed by atoms with Gasteiger partial charge in [-0.05, 0) is 55.3 Å². The number of pyridine rings is 1. The van der Waals surface area contributed by atoms with Crippen LogP contribution in [0, 0.1) is 6.92 Å². The number of hydrogen-bond acceptors (Lipinski definition) is 3. The van der Waals surface area contributed by atoms with Crippen molar-refractivity contribution in [2.24, 2.45) is 0 Å². The molecule has 0 aliphatic rings. The van der Waals surface area contributed by atoms with Gasteiger partial charge in [-0.25, -0.2) is 9.78 Å². The summed E-state index contributed by atoms with van der Waals surface area (Å²) in [5, 5.41) is 14.0. The monoisotopic (exact) mass is 343 g/mol. The number of nitrogens with one attached hydrogen (secondary N) is 2. The molecule has 7 heteroatoms. The third-order valence-corrected chi connectivity index (χ3v) is 3.52. The van der Waals surface area contributed by atoms with E-state index in [0.29, 0.717) is 12.2 Å². The van der Waals surface area contributed by atoms with Gasteiger partial charge in [0.25, 0.3) is 0 Å². The average Bonchev–Trinajstić information content (AvgIpc) is 2.31. The molecule has 0 atom stereocenters. The molecular weight excluding hydrogens is 326 g/mol. The van der Waals surface area contributed by atoms with Gasteiger partial charge in [0.1, 0.15) is 5.82 Å². The Labute approximate surface area is 126 Å². The maximum Gasteiger partial charge on any atom is 0.320 e. The van der Waals surface area contributed by atoms with Crippen LogP contribution in [0.25, 0.3) is 0 Å². The summed E-state index contributed by atoms with van der Waals surface area (Å²) < 4.78 is 0.866. The lowest BCUT2D eigenvalue weighted by atomic mass is 9.99. The molecule has 0 aliphatic carbocycles. The smallest absolute Gasteiger partial charge is 0.320 e.